The van der Waals surface area contributed by atoms with Crippen LogP contribution in [-0.2, 0) is 5.41 Å². The Morgan fingerprint density at radius 2 is 1.40 bits per heavy atom. The third-order valence-corrected chi connectivity index (χ3v) is 9.93. The molecular weight excluding hydrogens is 678 g/mol. The van der Waals surface area contributed by atoms with Crippen LogP contribution in [0.5, 0.6) is 0 Å². The SMILES string of the molecule is CCCCCCCCN=C(N)c1c(Cl)c(C(=O)O)c(C(=O)NCCCCCCCC)c2c3c(Nc4ccc(C(C)(C)C)cc4)cc(c(=O)[nH]c3=O)c12. The third kappa shape index (κ3) is 9.50. The predicted molar refractivity (Wildman–Crippen MR) is 215 cm³/mol. The molecule has 1 amide bonds. The van der Waals surface area contributed by atoms with Crippen LogP contribution in [0.3, 0.4) is 0 Å². The molecule has 6 N–H and O–H groups in total. The summed E-state index contributed by atoms with van der Waals surface area (Å²) < 4.78 is 0. The lowest BCUT2D eigenvalue weighted by atomic mass is 9.87. The molecule has 11 heteroatoms. The lowest BCUT2D eigenvalue weighted by Crippen LogP contribution is -2.28. The van der Waals surface area contributed by atoms with Crippen molar-refractivity contribution in [3.8, 4) is 0 Å². The highest BCUT2D eigenvalue weighted by Gasteiger charge is 2.32. The van der Waals surface area contributed by atoms with Crippen LogP contribution >= 0.6 is 11.6 Å². The van der Waals surface area contributed by atoms with Crippen LogP contribution in [-0.4, -0.2) is 40.9 Å². The molecule has 2 bridgehead atoms. The van der Waals surface area contributed by atoms with Crippen molar-refractivity contribution < 1.29 is 14.7 Å². The van der Waals surface area contributed by atoms with Crippen LogP contribution < -0.4 is 27.5 Å². The number of amides is 1. The number of carboxylic acids is 1. The van der Waals surface area contributed by atoms with Gasteiger partial charge in [0.1, 0.15) is 5.84 Å². The number of amidine groups is 1. The van der Waals surface area contributed by atoms with E-state index in [4.69, 9.17) is 17.3 Å². The number of aromatic carboxylic acids is 1. The Morgan fingerprint density at radius 1 is 0.808 bits per heavy atom. The van der Waals surface area contributed by atoms with E-state index in [9.17, 15) is 24.3 Å². The molecule has 10 nitrogen and oxygen atoms in total. The predicted octanol–water partition coefficient (Wildman–Crippen LogP) is 9.03. The van der Waals surface area contributed by atoms with Crippen molar-refractivity contribution in [2.24, 2.45) is 10.7 Å². The second-order valence-electron chi connectivity index (χ2n) is 14.6. The molecule has 0 atom stereocenters. The molecule has 0 saturated carbocycles. The van der Waals surface area contributed by atoms with Gasteiger partial charge in [-0.1, -0.05) is 123 Å². The van der Waals surface area contributed by atoms with Crippen molar-refractivity contribution in [1.29, 1.82) is 0 Å². The van der Waals surface area contributed by atoms with Gasteiger partial charge in [0, 0.05) is 35.1 Å². The Kier molecular flexibility index (Phi) is 14.2. The first kappa shape index (κ1) is 40.3. The Hall–Kier alpha value is -4.44. The summed E-state index contributed by atoms with van der Waals surface area (Å²) in [6.07, 6.45) is 12.1. The normalized spacial score (nSPS) is 12.2. The number of carbonyl (C=O) groups excluding carboxylic acids is 1. The van der Waals surface area contributed by atoms with Gasteiger partial charge in [-0.2, -0.15) is 0 Å². The lowest BCUT2D eigenvalue weighted by Gasteiger charge is -2.21. The summed E-state index contributed by atoms with van der Waals surface area (Å²) in [5, 5.41) is 16.4. The highest BCUT2D eigenvalue weighted by molar-refractivity contribution is 6.42. The first-order chi connectivity index (χ1) is 24.8. The van der Waals surface area contributed by atoms with Gasteiger partial charge in [-0.05, 0) is 42.0 Å². The van der Waals surface area contributed by atoms with E-state index in [0.717, 1.165) is 76.2 Å². The van der Waals surface area contributed by atoms with E-state index in [1.54, 1.807) is 0 Å². The topological polar surface area (TPSA) is 167 Å². The zero-order valence-electron chi connectivity index (χ0n) is 31.3. The van der Waals surface area contributed by atoms with E-state index in [-0.39, 0.29) is 61.2 Å². The van der Waals surface area contributed by atoms with Crippen LogP contribution in [0.2, 0.25) is 5.02 Å². The number of hydrogen-bond acceptors (Lipinski definition) is 6. The molecule has 0 unspecified atom stereocenters. The van der Waals surface area contributed by atoms with E-state index in [1.807, 2.05) is 24.3 Å². The number of H-pyrrole nitrogens is 1. The molecule has 2 aromatic heterocycles. The Labute approximate surface area is 311 Å². The van der Waals surface area contributed by atoms with Crippen LogP contribution in [0, 0.1) is 0 Å². The molecule has 52 heavy (non-hydrogen) atoms. The number of fused-ring (bicyclic) bond motifs is 3. The average Bonchev–Trinajstić information content (AvgIpc) is 3.27. The van der Waals surface area contributed by atoms with Gasteiger partial charge >= 0.3 is 5.97 Å². The second kappa shape index (κ2) is 18.4. The van der Waals surface area contributed by atoms with Gasteiger partial charge in [-0.3, -0.25) is 24.4 Å². The number of aromatic nitrogens is 1. The number of anilines is 2. The fourth-order valence-corrected chi connectivity index (χ4v) is 7.02. The number of carboxylic acid groups (broad SMARTS) is 1. The van der Waals surface area contributed by atoms with Crippen molar-refractivity contribution in [2.75, 3.05) is 18.4 Å². The summed E-state index contributed by atoms with van der Waals surface area (Å²) in [7, 11) is 0. The van der Waals surface area contributed by atoms with Crippen LogP contribution in [0.1, 0.15) is 144 Å². The molecule has 0 aliphatic carbocycles. The fourth-order valence-electron chi connectivity index (χ4n) is 6.65. The monoisotopic (exact) mass is 731 g/mol. The zero-order chi connectivity index (χ0) is 38.0. The quantitative estimate of drug-likeness (QED) is 0.0364. The molecule has 3 aromatic carbocycles. The van der Waals surface area contributed by atoms with Crippen molar-refractivity contribution in [2.45, 2.75) is 117 Å². The van der Waals surface area contributed by atoms with Crippen LogP contribution in [0.25, 0.3) is 21.5 Å². The number of aliphatic imine (C=N–C) groups is 1. The van der Waals surface area contributed by atoms with Gasteiger partial charge in [0.25, 0.3) is 17.0 Å². The highest BCUT2D eigenvalue weighted by atomic mass is 35.5. The van der Waals surface area contributed by atoms with Crippen LogP contribution in [0.15, 0.2) is 44.9 Å². The number of carbonyl (C=O) groups is 2. The molecular formula is C41H54ClN5O5. The van der Waals surface area contributed by atoms with Crippen molar-refractivity contribution >= 4 is 62.2 Å². The summed E-state index contributed by atoms with van der Waals surface area (Å²) in [4.78, 5) is 61.7. The van der Waals surface area contributed by atoms with Gasteiger partial charge < -0.3 is 21.5 Å². The molecule has 2 heterocycles. The van der Waals surface area contributed by atoms with Gasteiger partial charge in [-0.15, -0.1) is 0 Å². The second-order valence-corrected chi connectivity index (χ2v) is 15.0. The maximum absolute atomic E-state index is 14.1. The number of halogens is 1. The molecule has 0 aliphatic heterocycles. The molecule has 280 valence electrons. The molecule has 0 fully saturated rings. The van der Waals surface area contributed by atoms with E-state index in [2.05, 4.69) is 55.2 Å². The minimum Gasteiger partial charge on any atom is -0.478 e. The number of aromatic amines is 1. The van der Waals surface area contributed by atoms with E-state index in [1.165, 1.54) is 6.07 Å². The third-order valence-electron chi connectivity index (χ3n) is 9.55. The first-order valence-corrected chi connectivity index (χ1v) is 19.1. The first-order valence-electron chi connectivity index (χ1n) is 18.7. The molecule has 5 aromatic rings. The van der Waals surface area contributed by atoms with Gasteiger partial charge in [0.15, 0.2) is 0 Å². The summed E-state index contributed by atoms with van der Waals surface area (Å²) in [6, 6.07) is 9.19. The average molecular weight is 732 g/mol. The van der Waals surface area contributed by atoms with Crippen molar-refractivity contribution in [1.82, 2.24) is 10.3 Å². The Balaban J connectivity index is 1.94. The number of nitrogens with zero attached hydrogens (tertiary/aromatic N) is 1. The number of nitrogens with two attached hydrogens (primary N) is 1. The fraction of sp³-hybridized carbons (Fsp3) is 0.488. The van der Waals surface area contributed by atoms with Gasteiger partial charge in [0.05, 0.1) is 32.6 Å². The standard InChI is InChI=1S/C41H54ClN5O5/c1-6-8-10-12-14-16-22-44-36(43)33-29-27-24-28(46-26-20-18-25(19-21-26)41(3,4)5)30(39(50)47-37(27)48)31(29)32(34(35(33)42)40(51)52)38(49)45-23-17-15-13-11-9-7-2/h18-21,24,46H,6-17,22-23H2,1-5H3,(H2,43,44)(H,45,49)(H,51,52)(H,47,48,50). The summed E-state index contributed by atoms with van der Waals surface area (Å²) in [6.45, 7) is 11.3. The maximum Gasteiger partial charge on any atom is 0.338 e. The summed E-state index contributed by atoms with van der Waals surface area (Å²) >= 11 is 6.91. The molecule has 5 rings (SSSR count). The van der Waals surface area contributed by atoms with Crippen molar-refractivity contribution in [3.63, 3.8) is 0 Å². The Bertz CT molecular complexity index is 2010. The van der Waals surface area contributed by atoms with E-state index < -0.39 is 28.6 Å². The smallest absolute Gasteiger partial charge is 0.338 e. The zero-order valence-corrected chi connectivity index (χ0v) is 32.0. The molecule has 0 aliphatic rings. The minimum absolute atomic E-state index is 0.00899. The molecule has 0 saturated heterocycles. The van der Waals surface area contributed by atoms with Crippen molar-refractivity contribution in [3.05, 3.63) is 78.3 Å². The number of unbranched alkanes of at least 4 members (excludes halogenated alkanes) is 10. The molecule has 0 spiro atoms. The molecule has 0 radical (unpaired) electrons. The van der Waals surface area contributed by atoms with Gasteiger partial charge in [0.2, 0.25) is 0 Å². The van der Waals surface area contributed by atoms with E-state index >= 15 is 0 Å². The number of benzene rings is 3. The summed E-state index contributed by atoms with van der Waals surface area (Å²) in [5.74, 6) is -2.26. The minimum atomic E-state index is -1.48. The van der Waals surface area contributed by atoms with Gasteiger partial charge in [-0.25, -0.2) is 4.79 Å². The Morgan fingerprint density at radius 3 is 2.00 bits per heavy atom. The lowest BCUT2D eigenvalue weighted by molar-refractivity contribution is 0.0691. The number of nitrogens with one attached hydrogen (secondary N) is 3. The number of hydrogen-bond donors (Lipinski definition) is 5. The largest absolute Gasteiger partial charge is 0.478 e. The maximum atomic E-state index is 14.1. The summed E-state index contributed by atoms with van der Waals surface area (Å²) in [5.41, 5.74) is 6.12. The van der Waals surface area contributed by atoms with E-state index in [0.29, 0.717) is 18.7 Å². The number of rotatable bonds is 19. The highest BCUT2D eigenvalue weighted by Crippen LogP contribution is 2.41. The van der Waals surface area contributed by atoms with Crippen LogP contribution in [0.4, 0.5) is 11.4 Å².